The van der Waals surface area contributed by atoms with Crippen LogP contribution in [0.2, 0.25) is 0 Å². The van der Waals surface area contributed by atoms with Crippen LogP contribution in [0.25, 0.3) is 0 Å². The summed E-state index contributed by atoms with van der Waals surface area (Å²) >= 11 is 3.56. The highest BCUT2D eigenvalue weighted by molar-refractivity contribution is 8.06. The molecule has 1 heterocycles. The van der Waals surface area contributed by atoms with Gasteiger partial charge in [-0.25, -0.2) is 17.5 Å². The Balaban J connectivity index is 2.09. The predicted molar refractivity (Wildman–Crippen MR) is 83.1 cm³/mol. The van der Waals surface area contributed by atoms with Crippen molar-refractivity contribution in [2.24, 2.45) is 5.73 Å². The first-order valence-electron chi connectivity index (χ1n) is 6.20. The molecule has 0 amide bonds. The Bertz CT molecular complexity index is 560. The van der Waals surface area contributed by atoms with Crippen molar-refractivity contribution in [2.45, 2.75) is 16.7 Å². The summed E-state index contributed by atoms with van der Waals surface area (Å²) in [5.74, 6) is 2.29. The first-order chi connectivity index (χ1) is 9.53. The molecule has 20 heavy (non-hydrogen) atoms. The van der Waals surface area contributed by atoms with E-state index in [0.29, 0.717) is 12.1 Å². The van der Waals surface area contributed by atoms with Gasteiger partial charge >= 0.3 is 0 Å². The molecular formula is C12H17FN2O2S3. The fraction of sp³-hybridized carbons (Fsp3) is 0.500. The quantitative estimate of drug-likeness (QED) is 0.851. The molecule has 8 heteroatoms. The number of hydrogen-bond donors (Lipinski definition) is 2. The lowest BCUT2D eigenvalue weighted by Crippen LogP contribution is -2.34. The monoisotopic (exact) mass is 336 g/mol. The van der Waals surface area contributed by atoms with Crippen LogP contribution in [0.5, 0.6) is 0 Å². The van der Waals surface area contributed by atoms with Crippen LogP contribution in [0.3, 0.4) is 0 Å². The standard InChI is InChI=1S/C12H17FN2O2S3/c13-11-2-1-9(6-14)5-12(11)20(16,17)15-7-10-8-18-3-4-19-10/h1-2,5,10,15H,3-4,6-8,14H2. The number of benzene rings is 1. The van der Waals surface area contributed by atoms with Crippen molar-refractivity contribution >= 4 is 33.5 Å². The van der Waals surface area contributed by atoms with E-state index in [2.05, 4.69) is 4.72 Å². The SMILES string of the molecule is NCc1ccc(F)c(S(=O)(=O)NCC2CSCCS2)c1. The Labute approximate surface area is 127 Å². The lowest BCUT2D eigenvalue weighted by Gasteiger charge is -2.21. The molecule has 1 aromatic rings. The Kier molecular flexibility index (Phi) is 5.74. The minimum atomic E-state index is -3.83. The average Bonchev–Trinajstić information content (AvgIpc) is 2.47. The number of nitrogens with two attached hydrogens (primary N) is 1. The van der Waals surface area contributed by atoms with Crippen molar-refractivity contribution < 1.29 is 12.8 Å². The van der Waals surface area contributed by atoms with Gasteiger partial charge < -0.3 is 5.73 Å². The van der Waals surface area contributed by atoms with Gasteiger partial charge in [0.15, 0.2) is 0 Å². The van der Waals surface area contributed by atoms with E-state index in [1.165, 1.54) is 12.1 Å². The third-order valence-electron chi connectivity index (χ3n) is 2.91. The molecule has 1 aliphatic heterocycles. The van der Waals surface area contributed by atoms with Gasteiger partial charge in [-0.2, -0.15) is 23.5 Å². The van der Waals surface area contributed by atoms with Crippen molar-refractivity contribution in [3.05, 3.63) is 29.6 Å². The maximum absolute atomic E-state index is 13.7. The summed E-state index contributed by atoms with van der Waals surface area (Å²) < 4.78 is 40.5. The first-order valence-corrected chi connectivity index (χ1v) is 9.89. The summed E-state index contributed by atoms with van der Waals surface area (Å²) in [4.78, 5) is -0.325. The average molecular weight is 336 g/mol. The highest BCUT2D eigenvalue weighted by Gasteiger charge is 2.22. The fourth-order valence-corrected chi connectivity index (χ4v) is 5.74. The van der Waals surface area contributed by atoms with Gasteiger partial charge in [0, 0.05) is 35.6 Å². The zero-order valence-electron chi connectivity index (χ0n) is 10.8. The number of halogens is 1. The van der Waals surface area contributed by atoms with Crippen molar-refractivity contribution in [1.29, 1.82) is 0 Å². The Morgan fingerprint density at radius 1 is 1.40 bits per heavy atom. The summed E-state index contributed by atoms with van der Waals surface area (Å²) in [6.45, 7) is 0.504. The molecule has 2 rings (SSSR count). The largest absolute Gasteiger partial charge is 0.326 e. The molecule has 0 aromatic heterocycles. The van der Waals surface area contributed by atoms with E-state index >= 15 is 0 Å². The number of hydrogen-bond acceptors (Lipinski definition) is 5. The molecule has 3 N–H and O–H groups in total. The zero-order chi connectivity index (χ0) is 14.6. The Morgan fingerprint density at radius 2 is 2.20 bits per heavy atom. The van der Waals surface area contributed by atoms with Crippen molar-refractivity contribution in [2.75, 3.05) is 23.8 Å². The second kappa shape index (κ2) is 7.13. The molecule has 1 saturated heterocycles. The van der Waals surface area contributed by atoms with Crippen LogP contribution in [0.4, 0.5) is 4.39 Å². The van der Waals surface area contributed by atoms with Crippen LogP contribution in [-0.2, 0) is 16.6 Å². The Morgan fingerprint density at radius 3 is 2.85 bits per heavy atom. The minimum absolute atomic E-state index is 0.178. The van der Waals surface area contributed by atoms with E-state index in [-0.39, 0.29) is 16.7 Å². The van der Waals surface area contributed by atoms with Crippen LogP contribution in [-0.4, -0.2) is 37.5 Å². The molecule has 0 aliphatic carbocycles. The summed E-state index contributed by atoms with van der Waals surface area (Å²) in [6.07, 6.45) is 0. The van der Waals surface area contributed by atoms with Gasteiger partial charge in [-0.15, -0.1) is 0 Å². The molecule has 0 spiro atoms. The molecule has 1 atom stereocenters. The van der Waals surface area contributed by atoms with E-state index < -0.39 is 15.8 Å². The second-order valence-electron chi connectivity index (χ2n) is 4.39. The molecule has 4 nitrogen and oxygen atoms in total. The van der Waals surface area contributed by atoms with Gasteiger partial charge in [-0.05, 0) is 17.7 Å². The smallest absolute Gasteiger partial charge is 0.243 e. The number of thioether (sulfide) groups is 2. The normalized spacial score (nSPS) is 20.0. The van der Waals surface area contributed by atoms with Crippen LogP contribution >= 0.6 is 23.5 Å². The summed E-state index contributed by atoms with van der Waals surface area (Å²) in [5, 5.41) is 0.240. The molecule has 0 radical (unpaired) electrons. The highest BCUT2D eigenvalue weighted by atomic mass is 32.2. The van der Waals surface area contributed by atoms with Crippen LogP contribution in [0.1, 0.15) is 5.56 Å². The topological polar surface area (TPSA) is 72.2 Å². The van der Waals surface area contributed by atoms with E-state index in [1.807, 2.05) is 11.8 Å². The van der Waals surface area contributed by atoms with Crippen molar-refractivity contribution in [3.63, 3.8) is 0 Å². The molecule has 112 valence electrons. The maximum atomic E-state index is 13.7. The summed E-state index contributed by atoms with van der Waals surface area (Å²) in [6, 6.07) is 3.92. The maximum Gasteiger partial charge on any atom is 0.243 e. The van der Waals surface area contributed by atoms with E-state index in [1.54, 1.807) is 11.8 Å². The van der Waals surface area contributed by atoms with Crippen LogP contribution < -0.4 is 10.5 Å². The molecule has 0 bridgehead atoms. The lowest BCUT2D eigenvalue weighted by atomic mass is 10.2. The molecule has 1 aromatic carbocycles. The van der Waals surface area contributed by atoms with Crippen LogP contribution in [0.15, 0.2) is 23.1 Å². The molecule has 1 fully saturated rings. The summed E-state index contributed by atoms with van der Waals surface area (Å²) in [7, 11) is -3.83. The first kappa shape index (κ1) is 16.1. The van der Waals surface area contributed by atoms with Gasteiger partial charge in [-0.3, -0.25) is 0 Å². The third-order valence-corrected chi connectivity index (χ3v) is 7.19. The van der Waals surface area contributed by atoms with Crippen LogP contribution in [0, 0.1) is 5.82 Å². The molecule has 1 unspecified atom stereocenters. The van der Waals surface area contributed by atoms with Gasteiger partial charge in [0.05, 0.1) is 0 Å². The van der Waals surface area contributed by atoms with E-state index in [4.69, 9.17) is 5.73 Å². The second-order valence-corrected chi connectivity index (χ2v) is 8.68. The number of rotatable bonds is 5. The third kappa shape index (κ3) is 4.11. The number of sulfonamides is 1. The van der Waals surface area contributed by atoms with Gasteiger partial charge in [0.25, 0.3) is 0 Å². The van der Waals surface area contributed by atoms with Crippen molar-refractivity contribution in [3.8, 4) is 0 Å². The molecular weight excluding hydrogens is 319 g/mol. The minimum Gasteiger partial charge on any atom is -0.326 e. The van der Waals surface area contributed by atoms with Crippen molar-refractivity contribution in [1.82, 2.24) is 4.72 Å². The van der Waals surface area contributed by atoms with E-state index in [9.17, 15) is 12.8 Å². The van der Waals surface area contributed by atoms with E-state index in [0.717, 1.165) is 23.3 Å². The Hall–Kier alpha value is -0.280. The molecule has 0 saturated carbocycles. The van der Waals surface area contributed by atoms with Gasteiger partial charge in [0.2, 0.25) is 10.0 Å². The fourth-order valence-electron chi connectivity index (χ4n) is 1.82. The van der Waals surface area contributed by atoms with Gasteiger partial charge in [0.1, 0.15) is 10.7 Å². The number of nitrogens with one attached hydrogen (secondary N) is 1. The lowest BCUT2D eigenvalue weighted by molar-refractivity contribution is 0.556. The summed E-state index contributed by atoms with van der Waals surface area (Å²) in [5.41, 5.74) is 6.05. The highest BCUT2D eigenvalue weighted by Crippen LogP contribution is 2.24. The predicted octanol–water partition coefficient (Wildman–Crippen LogP) is 1.41. The molecule has 1 aliphatic rings. The van der Waals surface area contributed by atoms with Gasteiger partial charge in [-0.1, -0.05) is 6.07 Å². The zero-order valence-corrected chi connectivity index (χ0v) is 13.3.